The van der Waals surface area contributed by atoms with Crippen LogP contribution in [0.3, 0.4) is 0 Å². The highest BCUT2D eigenvalue weighted by Crippen LogP contribution is 2.45. The molecule has 2 fully saturated rings. The third-order valence-corrected chi connectivity index (χ3v) is 7.72. The first kappa shape index (κ1) is 27.6. The van der Waals surface area contributed by atoms with Crippen molar-refractivity contribution in [2.24, 2.45) is 0 Å². The first-order valence-electron chi connectivity index (χ1n) is 14.1. The molecule has 5 nitrogen and oxygen atoms in total. The van der Waals surface area contributed by atoms with E-state index in [9.17, 15) is 0 Å². The quantitative estimate of drug-likeness (QED) is 0.158. The summed E-state index contributed by atoms with van der Waals surface area (Å²) in [6, 6.07) is 41.0. The zero-order valence-corrected chi connectivity index (χ0v) is 23.5. The summed E-state index contributed by atoms with van der Waals surface area (Å²) in [5, 5.41) is 0. The summed E-state index contributed by atoms with van der Waals surface area (Å²) >= 11 is 0. The van der Waals surface area contributed by atoms with Crippen molar-refractivity contribution < 1.29 is 23.7 Å². The van der Waals surface area contributed by atoms with Crippen molar-refractivity contribution >= 4 is 0 Å². The zero-order valence-electron chi connectivity index (χ0n) is 23.5. The van der Waals surface area contributed by atoms with E-state index in [4.69, 9.17) is 23.7 Å². The lowest BCUT2D eigenvalue weighted by molar-refractivity contribution is -0.235. The van der Waals surface area contributed by atoms with Crippen LogP contribution in [0, 0.1) is 0 Å². The molecular weight excluding hydrogens is 512 g/mol. The molecule has 0 amide bonds. The Morgan fingerprint density at radius 2 is 1.24 bits per heavy atom. The minimum atomic E-state index is -0.950. The van der Waals surface area contributed by atoms with E-state index in [1.165, 1.54) is 0 Å². The molecule has 0 spiro atoms. The van der Waals surface area contributed by atoms with Crippen LogP contribution in [0.15, 0.2) is 134 Å². The lowest BCUT2D eigenvalue weighted by Gasteiger charge is -2.40. The molecule has 2 aliphatic heterocycles. The highest BCUT2D eigenvalue weighted by Gasteiger charge is 2.58. The first-order chi connectivity index (χ1) is 20.0. The van der Waals surface area contributed by atoms with Crippen molar-refractivity contribution in [3.8, 4) is 0 Å². The third kappa shape index (κ3) is 5.52. The summed E-state index contributed by atoms with van der Waals surface area (Å²) < 4.78 is 32.9. The fraction of sp³-hybridized carbons (Fsp3) is 0.278. The average molecular weight is 549 g/mol. The number of benzene rings is 4. The molecule has 0 aromatic heterocycles. The standard InChI is InChI=1S/C36H36O5/c1-4-30(31-32(37-25-26-17-9-5-10-18-26)33-34(38-31)41-35(2,3)40-33)39-36(27-19-11-6-12-20-27,28-21-13-7-14-22-28)29-23-15-8-16-24-29/h4-24,30-34H,1,25H2,2-3H3/t30-,31-,32+,33-,34-/m1/s1. The SMILES string of the molecule is C=C[C@@H](OC(c1ccccc1)(c1ccccc1)c1ccccc1)[C@H]1O[C@@H]2OC(C)(C)O[C@@H]2[C@H]1OCc1ccccc1. The van der Waals surface area contributed by atoms with Crippen molar-refractivity contribution in [2.75, 3.05) is 0 Å². The number of rotatable bonds is 10. The van der Waals surface area contributed by atoms with Crippen LogP contribution in [0.1, 0.15) is 36.1 Å². The van der Waals surface area contributed by atoms with Gasteiger partial charge < -0.3 is 23.7 Å². The van der Waals surface area contributed by atoms with Gasteiger partial charge in [0.1, 0.15) is 30.0 Å². The normalized spacial score (nSPS) is 24.0. The van der Waals surface area contributed by atoms with Gasteiger partial charge in [0.15, 0.2) is 12.1 Å². The summed E-state index contributed by atoms with van der Waals surface area (Å²) in [6.45, 7) is 8.40. The monoisotopic (exact) mass is 548 g/mol. The zero-order chi connectivity index (χ0) is 28.3. The Bertz CT molecular complexity index is 1310. The molecular formula is C36H36O5. The molecule has 210 valence electrons. The molecule has 0 N–H and O–H groups in total. The van der Waals surface area contributed by atoms with Gasteiger partial charge in [-0.25, -0.2) is 0 Å². The fourth-order valence-corrected chi connectivity index (χ4v) is 5.90. The van der Waals surface area contributed by atoms with Crippen LogP contribution in [0.4, 0.5) is 0 Å². The van der Waals surface area contributed by atoms with E-state index >= 15 is 0 Å². The van der Waals surface area contributed by atoms with Gasteiger partial charge in [-0.2, -0.15) is 0 Å². The van der Waals surface area contributed by atoms with E-state index in [2.05, 4.69) is 43.0 Å². The van der Waals surface area contributed by atoms with Gasteiger partial charge in [0.05, 0.1) is 6.61 Å². The van der Waals surface area contributed by atoms with Crippen molar-refractivity contribution in [1.29, 1.82) is 0 Å². The van der Waals surface area contributed by atoms with E-state index in [0.29, 0.717) is 6.61 Å². The topological polar surface area (TPSA) is 46.2 Å². The van der Waals surface area contributed by atoms with Gasteiger partial charge in [-0.3, -0.25) is 0 Å². The molecule has 0 aliphatic carbocycles. The van der Waals surface area contributed by atoms with Crippen molar-refractivity contribution in [3.05, 3.63) is 156 Å². The molecule has 5 atom stereocenters. The molecule has 2 aliphatic rings. The smallest absolute Gasteiger partial charge is 0.190 e. The Morgan fingerprint density at radius 3 is 1.73 bits per heavy atom. The van der Waals surface area contributed by atoms with Crippen LogP contribution in [0.5, 0.6) is 0 Å². The second-order valence-electron chi connectivity index (χ2n) is 10.9. The molecule has 5 heteroatoms. The van der Waals surface area contributed by atoms with Crippen LogP contribution in [-0.4, -0.2) is 36.5 Å². The van der Waals surface area contributed by atoms with Gasteiger partial charge in [-0.1, -0.05) is 127 Å². The number of hydrogen-bond donors (Lipinski definition) is 0. The molecule has 41 heavy (non-hydrogen) atoms. The molecule has 4 aromatic rings. The van der Waals surface area contributed by atoms with Gasteiger partial charge in [0, 0.05) is 0 Å². The van der Waals surface area contributed by atoms with E-state index in [1.54, 1.807) is 6.08 Å². The van der Waals surface area contributed by atoms with Gasteiger partial charge >= 0.3 is 0 Å². The maximum atomic E-state index is 7.29. The molecule has 4 aromatic carbocycles. The fourth-order valence-electron chi connectivity index (χ4n) is 5.90. The average Bonchev–Trinajstić information content (AvgIpc) is 3.50. The second kappa shape index (κ2) is 11.7. The number of fused-ring (bicyclic) bond motifs is 1. The molecule has 2 saturated heterocycles. The maximum Gasteiger partial charge on any atom is 0.190 e. The van der Waals surface area contributed by atoms with E-state index in [0.717, 1.165) is 22.3 Å². The van der Waals surface area contributed by atoms with Crippen LogP contribution >= 0.6 is 0 Å². The second-order valence-corrected chi connectivity index (χ2v) is 10.9. The Hall–Kier alpha value is -3.58. The largest absolute Gasteiger partial charge is 0.368 e. The van der Waals surface area contributed by atoms with Crippen LogP contribution in [0.25, 0.3) is 0 Å². The molecule has 0 saturated carbocycles. The first-order valence-corrected chi connectivity index (χ1v) is 14.1. The van der Waals surface area contributed by atoms with Crippen molar-refractivity contribution in [1.82, 2.24) is 0 Å². The predicted molar refractivity (Wildman–Crippen MR) is 158 cm³/mol. The summed E-state index contributed by atoms with van der Waals surface area (Å²) in [5.41, 5.74) is 3.11. The summed E-state index contributed by atoms with van der Waals surface area (Å²) in [7, 11) is 0. The Labute approximate surface area is 242 Å². The lowest BCUT2D eigenvalue weighted by atomic mass is 9.79. The lowest BCUT2D eigenvalue weighted by Crippen LogP contribution is -2.47. The van der Waals surface area contributed by atoms with Crippen LogP contribution < -0.4 is 0 Å². The summed E-state index contributed by atoms with van der Waals surface area (Å²) in [4.78, 5) is 0. The molecule has 0 radical (unpaired) electrons. The van der Waals surface area contributed by atoms with Gasteiger partial charge in [0.25, 0.3) is 0 Å². The van der Waals surface area contributed by atoms with Crippen molar-refractivity contribution in [3.63, 3.8) is 0 Å². The third-order valence-electron chi connectivity index (χ3n) is 7.72. The minimum Gasteiger partial charge on any atom is -0.368 e. The predicted octanol–water partition coefficient (Wildman–Crippen LogP) is 7.01. The molecule has 2 heterocycles. The van der Waals surface area contributed by atoms with Crippen molar-refractivity contribution in [2.45, 2.75) is 62.5 Å². The van der Waals surface area contributed by atoms with Gasteiger partial charge in [0.2, 0.25) is 0 Å². The van der Waals surface area contributed by atoms with Crippen LogP contribution in [0.2, 0.25) is 0 Å². The highest BCUT2D eigenvalue weighted by molar-refractivity contribution is 5.47. The van der Waals surface area contributed by atoms with Gasteiger partial charge in [-0.05, 0) is 36.1 Å². The van der Waals surface area contributed by atoms with E-state index in [1.807, 2.05) is 98.8 Å². The maximum absolute atomic E-state index is 7.29. The summed E-state index contributed by atoms with van der Waals surface area (Å²) in [5.74, 6) is -0.777. The molecule has 6 rings (SSSR count). The molecule has 0 bridgehead atoms. The Balaban J connectivity index is 1.41. The number of ether oxygens (including phenoxy) is 5. The number of hydrogen-bond acceptors (Lipinski definition) is 5. The van der Waals surface area contributed by atoms with Crippen LogP contribution in [-0.2, 0) is 35.9 Å². The van der Waals surface area contributed by atoms with Gasteiger partial charge in [-0.15, -0.1) is 6.58 Å². The highest BCUT2D eigenvalue weighted by atomic mass is 16.8. The Morgan fingerprint density at radius 1 is 0.756 bits per heavy atom. The Kier molecular flexibility index (Phi) is 7.89. The minimum absolute atomic E-state index is 0.406. The van der Waals surface area contributed by atoms with E-state index in [-0.39, 0.29) is 0 Å². The summed E-state index contributed by atoms with van der Waals surface area (Å²) in [6.07, 6.45) is -0.745. The molecule has 0 unspecified atom stereocenters. The van der Waals surface area contributed by atoms with E-state index < -0.39 is 42.1 Å².